The molecule has 1 aliphatic rings. The van der Waals surface area contributed by atoms with Gasteiger partial charge in [0.15, 0.2) is 6.10 Å². The molecule has 1 aromatic carbocycles. The van der Waals surface area contributed by atoms with Gasteiger partial charge < -0.3 is 15.2 Å². The van der Waals surface area contributed by atoms with E-state index < -0.39 is 6.10 Å². The number of ether oxygens (including phenoxy) is 1. The Kier molecular flexibility index (Phi) is 3.64. The van der Waals surface area contributed by atoms with Crippen LogP contribution in [-0.4, -0.2) is 29.8 Å². The maximum atomic E-state index is 11.9. The average molecular weight is 235 g/mol. The molecule has 4 nitrogen and oxygen atoms in total. The lowest BCUT2D eigenvalue weighted by molar-refractivity contribution is -0.128. The summed E-state index contributed by atoms with van der Waals surface area (Å²) in [5, 5.41) is 11.8. The Morgan fingerprint density at radius 1 is 1.59 bits per heavy atom. The first kappa shape index (κ1) is 11.9. The van der Waals surface area contributed by atoms with E-state index in [0.717, 1.165) is 11.3 Å². The number of rotatable bonds is 4. The van der Waals surface area contributed by atoms with Gasteiger partial charge in [0.05, 0.1) is 12.6 Å². The molecule has 0 fully saturated rings. The summed E-state index contributed by atoms with van der Waals surface area (Å²) in [4.78, 5) is 11.9. The maximum Gasteiger partial charge on any atom is 0.261 e. The quantitative estimate of drug-likeness (QED) is 0.814. The first-order valence-electron chi connectivity index (χ1n) is 5.90. The van der Waals surface area contributed by atoms with E-state index in [-0.39, 0.29) is 18.6 Å². The second-order valence-electron chi connectivity index (χ2n) is 4.21. The van der Waals surface area contributed by atoms with Crippen LogP contribution in [0, 0.1) is 0 Å². The summed E-state index contributed by atoms with van der Waals surface area (Å²) < 4.78 is 5.56. The van der Waals surface area contributed by atoms with Crippen LogP contribution in [0.3, 0.4) is 0 Å². The van der Waals surface area contributed by atoms with Crippen molar-refractivity contribution in [3.63, 3.8) is 0 Å². The van der Waals surface area contributed by atoms with E-state index in [9.17, 15) is 4.79 Å². The molecule has 0 aliphatic carbocycles. The van der Waals surface area contributed by atoms with E-state index in [1.54, 1.807) is 0 Å². The average Bonchev–Trinajstić information content (AvgIpc) is 2.79. The molecule has 2 rings (SSSR count). The molecule has 1 amide bonds. The number of nitrogens with one attached hydrogen (secondary N) is 1. The highest BCUT2D eigenvalue weighted by atomic mass is 16.5. The Balaban J connectivity index is 1.96. The third kappa shape index (κ3) is 2.58. The Hall–Kier alpha value is -1.55. The molecule has 0 spiro atoms. The van der Waals surface area contributed by atoms with Crippen LogP contribution in [0.2, 0.25) is 0 Å². The first-order chi connectivity index (χ1) is 8.24. The smallest absolute Gasteiger partial charge is 0.261 e. The molecule has 1 heterocycles. The van der Waals surface area contributed by atoms with E-state index in [4.69, 9.17) is 9.84 Å². The summed E-state index contributed by atoms with van der Waals surface area (Å²) in [6.07, 6.45) is 0.846. The van der Waals surface area contributed by atoms with Crippen LogP contribution in [0.5, 0.6) is 5.75 Å². The molecule has 1 unspecified atom stereocenters. The van der Waals surface area contributed by atoms with Gasteiger partial charge in [-0.25, -0.2) is 0 Å². The molecule has 2 atom stereocenters. The van der Waals surface area contributed by atoms with Crippen molar-refractivity contribution in [2.24, 2.45) is 0 Å². The highest BCUT2D eigenvalue weighted by Gasteiger charge is 2.29. The molecular weight excluding hydrogens is 218 g/mol. The SMILES string of the molecule is CC[C@H](CO)NC(=O)C1Cc2ccccc2O1. The molecule has 2 N–H and O–H groups in total. The molecule has 0 saturated carbocycles. The monoisotopic (exact) mass is 235 g/mol. The summed E-state index contributed by atoms with van der Waals surface area (Å²) in [6.45, 7) is 1.88. The zero-order valence-electron chi connectivity index (χ0n) is 9.85. The number of hydrogen-bond donors (Lipinski definition) is 2. The zero-order chi connectivity index (χ0) is 12.3. The second kappa shape index (κ2) is 5.19. The third-order valence-electron chi connectivity index (χ3n) is 3.00. The molecule has 92 valence electrons. The van der Waals surface area contributed by atoms with Crippen molar-refractivity contribution >= 4 is 5.91 Å². The van der Waals surface area contributed by atoms with Gasteiger partial charge in [0.1, 0.15) is 5.75 Å². The standard InChI is InChI=1S/C13H17NO3/c1-2-10(8-15)14-13(16)12-7-9-5-3-4-6-11(9)17-12/h3-6,10,12,15H,2,7-8H2,1H3,(H,14,16)/t10-,12?/m1/s1. The number of carbonyl (C=O) groups excluding carboxylic acids is 1. The molecule has 0 bridgehead atoms. The minimum Gasteiger partial charge on any atom is -0.480 e. The van der Waals surface area contributed by atoms with Crippen LogP contribution in [0.4, 0.5) is 0 Å². The van der Waals surface area contributed by atoms with Crippen molar-refractivity contribution in [2.45, 2.75) is 31.9 Å². The largest absolute Gasteiger partial charge is 0.480 e. The molecule has 0 radical (unpaired) electrons. The fourth-order valence-corrected chi connectivity index (χ4v) is 1.90. The minimum absolute atomic E-state index is 0.0398. The lowest BCUT2D eigenvalue weighted by Crippen LogP contribution is -2.44. The number of amides is 1. The maximum absolute atomic E-state index is 11.9. The third-order valence-corrected chi connectivity index (χ3v) is 3.00. The normalized spacial score (nSPS) is 19.3. The number of hydrogen-bond acceptors (Lipinski definition) is 3. The predicted octanol–water partition coefficient (Wildman–Crippen LogP) is 0.877. The van der Waals surface area contributed by atoms with E-state index in [1.165, 1.54) is 0 Å². The van der Waals surface area contributed by atoms with E-state index in [0.29, 0.717) is 12.8 Å². The number of benzene rings is 1. The van der Waals surface area contributed by atoms with Gasteiger partial charge in [-0.3, -0.25) is 4.79 Å². The Bertz CT molecular complexity index is 376. The van der Waals surface area contributed by atoms with E-state index in [2.05, 4.69) is 5.32 Å². The van der Waals surface area contributed by atoms with Crippen molar-refractivity contribution in [3.8, 4) is 5.75 Å². The summed E-state index contributed by atoms with van der Waals surface area (Å²) in [7, 11) is 0. The van der Waals surface area contributed by atoms with Gasteiger partial charge in [-0.15, -0.1) is 0 Å². The van der Waals surface area contributed by atoms with Crippen molar-refractivity contribution < 1.29 is 14.6 Å². The summed E-state index contributed by atoms with van der Waals surface area (Å²) in [6, 6.07) is 7.47. The fraction of sp³-hybridized carbons (Fsp3) is 0.462. The second-order valence-corrected chi connectivity index (χ2v) is 4.21. The molecule has 0 aromatic heterocycles. The molecule has 0 saturated heterocycles. The van der Waals surface area contributed by atoms with Gasteiger partial charge in [-0.2, -0.15) is 0 Å². The summed E-state index contributed by atoms with van der Waals surface area (Å²) in [5.74, 6) is 0.631. The number of fused-ring (bicyclic) bond motifs is 1. The van der Waals surface area contributed by atoms with Gasteiger partial charge in [-0.05, 0) is 18.1 Å². The molecule has 4 heteroatoms. The highest BCUT2D eigenvalue weighted by Crippen LogP contribution is 2.28. The van der Waals surface area contributed by atoms with Crippen LogP contribution in [0.15, 0.2) is 24.3 Å². The Labute approximate surface area is 101 Å². The van der Waals surface area contributed by atoms with Crippen LogP contribution < -0.4 is 10.1 Å². The van der Waals surface area contributed by atoms with Crippen LogP contribution in [0.25, 0.3) is 0 Å². The minimum atomic E-state index is -0.465. The Morgan fingerprint density at radius 2 is 2.35 bits per heavy atom. The van der Waals surface area contributed by atoms with Gasteiger partial charge in [-0.1, -0.05) is 25.1 Å². The Morgan fingerprint density at radius 3 is 3.00 bits per heavy atom. The molecular formula is C13H17NO3. The number of aliphatic hydroxyl groups is 1. The van der Waals surface area contributed by atoms with Gasteiger partial charge >= 0.3 is 0 Å². The van der Waals surface area contributed by atoms with Crippen molar-refractivity contribution in [3.05, 3.63) is 29.8 Å². The lowest BCUT2D eigenvalue weighted by atomic mass is 10.1. The van der Waals surface area contributed by atoms with Crippen LogP contribution >= 0.6 is 0 Å². The predicted molar refractivity (Wildman–Crippen MR) is 63.9 cm³/mol. The van der Waals surface area contributed by atoms with Crippen LogP contribution in [0.1, 0.15) is 18.9 Å². The molecule has 1 aromatic rings. The van der Waals surface area contributed by atoms with E-state index >= 15 is 0 Å². The van der Waals surface area contributed by atoms with Gasteiger partial charge in [0.2, 0.25) is 0 Å². The lowest BCUT2D eigenvalue weighted by Gasteiger charge is -2.17. The fourth-order valence-electron chi connectivity index (χ4n) is 1.90. The summed E-state index contributed by atoms with van der Waals surface area (Å²) in [5.41, 5.74) is 1.06. The van der Waals surface area contributed by atoms with Gasteiger partial charge in [0.25, 0.3) is 5.91 Å². The summed E-state index contributed by atoms with van der Waals surface area (Å²) >= 11 is 0. The number of para-hydroxylation sites is 1. The van der Waals surface area contributed by atoms with Crippen molar-refractivity contribution in [1.29, 1.82) is 0 Å². The van der Waals surface area contributed by atoms with Crippen molar-refractivity contribution in [2.75, 3.05) is 6.61 Å². The zero-order valence-corrected chi connectivity index (χ0v) is 9.85. The molecule has 17 heavy (non-hydrogen) atoms. The first-order valence-corrected chi connectivity index (χ1v) is 5.90. The van der Waals surface area contributed by atoms with Gasteiger partial charge in [0, 0.05) is 6.42 Å². The topological polar surface area (TPSA) is 58.6 Å². The molecule has 1 aliphatic heterocycles. The highest BCUT2D eigenvalue weighted by molar-refractivity contribution is 5.82. The van der Waals surface area contributed by atoms with Crippen molar-refractivity contribution in [1.82, 2.24) is 5.32 Å². The number of carbonyl (C=O) groups is 1. The van der Waals surface area contributed by atoms with E-state index in [1.807, 2.05) is 31.2 Å². The number of aliphatic hydroxyl groups excluding tert-OH is 1. The van der Waals surface area contributed by atoms with Crippen LogP contribution in [-0.2, 0) is 11.2 Å².